The third-order valence-electron chi connectivity index (χ3n) is 14.0. The van der Waals surface area contributed by atoms with E-state index in [0.29, 0.717) is 17.5 Å². The first kappa shape index (κ1) is 37.4. The lowest BCUT2D eigenvalue weighted by atomic mass is 9.55. The molecule has 4 heteroatoms. The van der Waals surface area contributed by atoms with Crippen LogP contribution in [0.5, 0.6) is 0 Å². The van der Waals surface area contributed by atoms with Gasteiger partial charge in [-0.2, -0.15) is 0 Å². The van der Waals surface area contributed by atoms with Crippen molar-refractivity contribution >= 4 is 21.9 Å². The van der Waals surface area contributed by atoms with Gasteiger partial charge in [-0.3, -0.25) is 0 Å². The van der Waals surface area contributed by atoms with E-state index < -0.39 is 5.41 Å². The minimum Gasteiger partial charge on any atom is -0.455 e. The highest BCUT2D eigenvalue weighted by Gasteiger charge is 2.53. The normalized spacial score (nSPS) is 13.9. The van der Waals surface area contributed by atoms with E-state index in [1.54, 1.807) is 0 Å². The largest absolute Gasteiger partial charge is 0.455 e. The molecule has 0 unspecified atom stereocenters. The van der Waals surface area contributed by atoms with Crippen LogP contribution in [0.3, 0.4) is 0 Å². The van der Waals surface area contributed by atoms with Gasteiger partial charge in [0.05, 0.1) is 5.41 Å². The molecule has 306 valence electrons. The molecule has 4 nitrogen and oxygen atoms in total. The first-order valence-electron chi connectivity index (χ1n) is 22.3. The Morgan fingerprint density at radius 2 is 0.800 bits per heavy atom. The topological polar surface area (TPSA) is 51.8 Å². The number of hydrogen-bond acceptors (Lipinski definition) is 4. The fourth-order valence-electron chi connectivity index (χ4n) is 11.0. The molecule has 0 atom stereocenters. The maximum Gasteiger partial charge on any atom is 0.164 e. The molecule has 0 bridgehead atoms. The molecule has 65 heavy (non-hydrogen) atoms. The van der Waals surface area contributed by atoms with Gasteiger partial charge in [-0.15, -0.1) is 0 Å². The highest BCUT2D eigenvalue weighted by atomic mass is 16.3. The third-order valence-corrected chi connectivity index (χ3v) is 14.0. The van der Waals surface area contributed by atoms with Crippen molar-refractivity contribution in [1.29, 1.82) is 0 Å². The zero-order valence-corrected chi connectivity index (χ0v) is 36.0. The van der Waals surface area contributed by atoms with E-state index in [-0.39, 0.29) is 5.41 Å². The molecule has 2 aromatic heterocycles. The molecule has 2 aliphatic rings. The molecule has 2 aliphatic carbocycles. The number of aromatic nitrogens is 3. The highest BCUT2D eigenvalue weighted by molar-refractivity contribution is 6.09. The van der Waals surface area contributed by atoms with Gasteiger partial charge in [-0.1, -0.05) is 208 Å². The summed E-state index contributed by atoms with van der Waals surface area (Å²) in [5.41, 5.74) is 18.9. The van der Waals surface area contributed by atoms with Crippen LogP contribution in [0.4, 0.5) is 0 Å². The van der Waals surface area contributed by atoms with Crippen LogP contribution in [0.25, 0.3) is 89.5 Å². The number of nitrogens with zero attached hydrogens (tertiary/aromatic N) is 3. The molecule has 0 amide bonds. The molecule has 0 fully saturated rings. The van der Waals surface area contributed by atoms with Crippen molar-refractivity contribution in [2.75, 3.05) is 0 Å². The molecule has 11 aromatic rings. The average Bonchev–Trinajstić information content (AvgIpc) is 3.90. The van der Waals surface area contributed by atoms with Crippen molar-refractivity contribution in [3.8, 4) is 67.5 Å². The van der Waals surface area contributed by atoms with E-state index in [1.807, 2.05) is 30.3 Å². The molecule has 1 spiro atoms. The second kappa shape index (κ2) is 14.2. The maximum absolute atomic E-state index is 6.39. The van der Waals surface area contributed by atoms with Gasteiger partial charge in [-0.25, -0.2) is 15.0 Å². The molecule has 0 saturated heterocycles. The van der Waals surface area contributed by atoms with Crippen LogP contribution >= 0.6 is 0 Å². The number of furan rings is 1. The Bertz CT molecular complexity index is 3650. The molecule has 9 aromatic carbocycles. The minimum absolute atomic E-state index is 0.251. The summed E-state index contributed by atoms with van der Waals surface area (Å²) in [4.78, 5) is 15.4. The summed E-state index contributed by atoms with van der Waals surface area (Å²) < 4.78 is 6.39. The molecule has 0 saturated carbocycles. The standard InChI is InChI=1S/C61H41N3O/c1-60(2)51-27-11-12-28-52(51)61(49-25-9-6-20-45(49)46-21-7-10-26-50(46)61)53-35-34-42(37-54(53)60)41-18-14-19-43(36-41)59-63-57(39-16-4-3-5-17-39)62-58(64-59)40-32-30-38(31-33-40)44-23-15-24-48-47-22-8-13-29-55(47)65-56(44)48/h3-37H,1-2H3. The third kappa shape index (κ3) is 5.53. The van der Waals surface area contributed by atoms with Gasteiger partial charge in [0.2, 0.25) is 0 Å². The predicted octanol–water partition coefficient (Wildman–Crippen LogP) is 15.1. The van der Waals surface area contributed by atoms with E-state index in [9.17, 15) is 0 Å². The molecule has 2 heterocycles. The quantitative estimate of drug-likeness (QED) is 0.173. The first-order valence-corrected chi connectivity index (χ1v) is 22.3. The van der Waals surface area contributed by atoms with Crippen molar-refractivity contribution in [3.63, 3.8) is 0 Å². The second-order valence-electron chi connectivity index (χ2n) is 17.9. The Morgan fingerprint density at radius 3 is 1.54 bits per heavy atom. The van der Waals surface area contributed by atoms with Crippen LogP contribution in [0.15, 0.2) is 217 Å². The summed E-state index contributed by atoms with van der Waals surface area (Å²) in [5, 5.41) is 2.23. The number of rotatable bonds is 5. The Morgan fingerprint density at radius 1 is 0.323 bits per heavy atom. The van der Waals surface area contributed by atoms with Gasteiger partial charge in [0.1, 0.15) is 11.2 Å². The van der Waals surface area contributed by atoms with E-state index in [1.165, 1.54) is 44.5 Å². The zero-order chi connectivity index (χ0) is 43.3. The Balaban J connectivity index is 0.925. The van der Waals surface area contributed by atoms with Crippen molar-refractivity contribution in [2.45, 2.75) is 24.7 Å². The van der Waals surface area contributed by atoms with Crippen LogP contribution in [0.2, 0.25) is 0 Å². The lowest BCUT2D eigenvalue weighted by Gasteiger charge is -2.46. The summed E-state index contributed by atoms with van der Waals surface area (Å²) in [7, 11) is 0. The Labute approximate surface area is 377 Å². The molecule has 0 aliphatic heterocycles. The summed E-state index contributed by atoms with van der Waals surface area (Å²) in [6, 6.07) is 76.1. The smallest absolute Gasteiger partial charge is 0.164 e. The summed E-state index contributed by atoms with van der Waals surface area (Å²) in [6.45, 7) is 4.77. The fraction of sp³-hybridized carbons (Fsp3) is 0.0656. The maximum atomic E-state index is 6.39. The minimum atomic E-state index is -0.427. The van der Waals surface area contributed by atoms with Crippen molar-refractivity contribution < 1.29 is 4.42 Å². The Kier molecular flexibility index (Phi) is 8.13. The molecule has 0 radical (unpaired) electrons. The summed E-state index contributed by atoms with van der Waals surface area (Å²) in [6.07, 6.45) is 0. The average molecular weight is 832 g/mol. The van der Waals surface area contributed by atoms with Crippen LogP contribution in [0, 0.1) is 0 Å². The van der Waals surface area contributed by atoms with Crippen LogP contribution in [-0.4, -0.2) is 15.0 Å². The van der Waals surface area contributed by atoms with Gasteiger partial charge >= 0.3 is 0 Å². The van der Waals surface area contributed by atoms with Crippen molar-refractivity contribution in [1.82, 2.24) is 15.0 Å². The lowest BCUT2D eigenvalue weighted by molar-refractivity contribution is 0.563. The fourth-order valence-corrected chi connectivity index (χ4v) is 11.0. The monoisotopic (exact) mass is 831 g/mol. The number of fused-ring (bicyclic) bond motifs is 12. The molecule has 13 rings (SSSR count). The van der Waals surface area contributed by atoms with E-state index in [2.05, 4.69) is 196 Å². The van der Waals surface area contributed by atoms with Gasteiger partial charge < -0.3 is 4.42 Å². The first-order chi connectivity index (χ1) is 32.0. The predicted molar refractivity (Wildman–Crippen MR) is 264 cm³/mol. The van der Waals surface area contributed by atoms with Gasteiger partial charge in [0.25, 0.3) is 0 Å². The van der Waals surface area contributed by atoms with Crippen molar-refractivity contribution in [2.24, 2.45) is 0 Å². The summed E-state index contributed by atoms with van der Waals surface area (Å²) in [5.74, 6) is 1.87. The van der Waals surface area contributed by atoms with E-state index in [0.717, 1.165) is 60.9 Å². The van der Waals surface area contributed by atoms with Gasteiger partial charge in [-0.05, 0) is 79.4 Å². The molecular weight excluding hydrogens is 791 g/mol. The molecular formula is C61H41N3O. The van der Waals surface area contributed by atoms with Gasteiger partial charge in [0, 0.05) is 38.4 Å². The second-order valence-corrected chi connectivity index (χ2v) is 17.9. The summed E-state index contributed by atoms with van der Waals surface area (Å²) >= 11 is 0. The Hall–Kier alpha value is -8.21. The van der Waals surface area contributed by atoms with Crippen LogP contribution in [0.1, 0.15) is 47.2 Å². The van der Waals surface area contributed by atoms with Crippen LogP contribution < -0.4 is 0 Å². The highest BCUT2D eigenvalue weighted by Crippen LogP contribution is 2.62. The number of benzene rings is 9. The van der Waals surface area contributed by atoms with E-state index in [4.69, 9.17) is 19.4 Å². The van der Waals surface area contributed by atoms with Crippen LogP contribution in [-0.2, 0) is 10.8 Å². The molecule has 0 N–H and O–H groups in total. The number of para-hydroxylation sites is 2. The van der Waals surface area contributed by atoms with Gasteiger partial charge in [0.15, 0.2) is 17.5 Å². The van der Waals surface area contributed by atoms with E-state index >= 15 is 0 Å². The van der Waals surface area contributed by atoms with Crippen molar-refractivity contribution in [3.05, 3.63) is 246 Å². The lowest BCUT2D eigenvalue weighted by Crippen LogP contribution is -2.40. The SMILES string of the molecule is CC1(C)c2ccccc2C2(c3ccccc3-c3ccccc32)c2ccc(-c3cccc(-c4nc(-c5ccccc5)nc(-c5ccc(-c6cccc7c6oc6ccccc67)cc5)n4)c3)cc21. The number of hydrogen-bond donors (Lipinski definition) is 0. The zero-order valence-electron chi connectivity index (χ0n) is 36.0.